The van der Waals surface area contributed by atoms with Crippen molar-refractivity contribution in [3.05, 3.63) is 46.0 Å². The van der Waals surface area contributed by atoms with Crippen molar-refractivity contribution >= 4 is 39.0 Å². The Morgan fingerprint density at radius 2 is 2.06 bits per heavy atom. The summed E-state index contributed by atoms with van der Waals surface area (Å²) in [7, 11) is 0. The van der Waals surface area contributed by atoms with Gasteiger partial charge in [0.25, 0.3) is 0 Å². The fourth-order valence-electron chi connectivity index (χ4n) is 1.77. The van der Waals surface area contributed by atoms with E-state index in [9.17, 15) is 0 Å². The van der Waals surface area contributed by atoms with Crippen molar-refractivity contribution in [1.29, 1.82) is 0 Å². The molecule has 3 rings (SSSR count). The highest BCUT2D eigenvalue weighted by molar-refractivity contribution is 9.10. The molecule has 0 atom stereocenters. The second-order valence-electron chi connectivity index (χ2n) is 3.77. The summed E-state index contributed by atoms with van der Waals surface area (Å²) in [6.07, 6.45) is 1.66. The second-order valence-corrected chi connectivity index (χ2v) is 5.04. The molecule has 0 fully saturated rings. The highest BCUT2D eigenvalue weighted by Gasteiger charge is 2.11. The first-order valence-corrected chi connectivity index (χ1v) is 6.38. The molecule has 90 valence electrons. The zero-order chi connectivity index (χ0) is 12.7. The summed E-state index contributed by atoms with van der Waals surface area (Å²) < 4.78 is 2.37. The van der Waals surface area contributed by atoms with Gasteiger partial charge in [-0.2, -0.15) is 9.61 Å². The van der Waals surface area contributed by atoms with E-state index in [0.717, 1.165) is 15.7 Å². The highest BCUT2D eigenvalue weighted by atomic mass is 79.9. The third-order valence-electron chi connectivity index (χ3n) is 2.61. The molecular weight excluding hydrogens is 316 g/mol. The van der Waals surface area contributed by atoms with E-state index in [-0.39, 0.29) is 0 Å². The number of nitrogens with zero attached hydrogens (tertiary/aromatic N) is 3. The highest BCUT2D eigenvalue weighted by Crippen LogP contribution is 2.29. The van der Waals surface area contributed by atoms with Crippen LogP contribution in [0, 0.1) is 0 Å². The molecule has 0 radical (unpaired) electrons. The minimum Gasteiger partial charge on any atom is -0.384 e. The predicted octanol–water partition coefficient (Wildman–Crippen LogP) is 3.39. The van der Waals surface area contributed by atoms with Gasteiger partial charge in [-0.1, -0.05) is 29.8 Å². The van der Waals surface area contributed by atoms with Gasteiger partial charge >= 0.3 is 0 Å². The number of benzene rings is 1. The lowest BCUT2D eigenvalue weighted by Crippen LogP contribution is -2.01. The number of anilines is 1. The standard InChI is InChI=1S/C12H8BrClN4/c13-8-6-16-18-11(15)5-10(17-12(8)18)7-3-1-2-4-9(7)14/h1-6H,15H2. The first kappa shape index (κ1) is 11.5. The van der Waals surface area contributed by atoms with E-state index in [1.807, 2.05) is 24.3 Å². The van der Waals surface area contributed by atoms with Crippen molar-refractivity contribution in [2.45, 2.75) is 0 Å². The summed E-state index contributed by atoms with van der Waals surface area (Å²) in [6, 6.07) is 9.28. The van der Waals surface area contributed by atoms with Crippen molar-refractivity contribution in [2.75, 3.05) is 5.73 Å². The van der Waals surface area contributed by atoms with E-state index in [4.69, 9.17) is 17.3 Å². The first-order valence-electron chi connectivity index (χ1n) is 5.21. The monoisotopic (exact) mass is 322 g/mol. The lowest BCUT2D eigenvalue weighted by molar-refractivity contribution is 0.954. The number of hydrogen-bond donors (Lipinski definition) is 1. The molecule has 0 aliphatic heterocycles. The zero-order valence-corrected chi connectivity index (χ0v) is 11.5. The Balaban J connectivity index is 2.31. The Morgan fingerprint density at radius 1 is 1.28 bits per heavy atom. The molecule has 3 aromatic rings. The molecule has 2 aromatic heterocycles. The fraction of sp³-hybridized carbons (Fsp3) is 0. The van der Waals surface area contributed by atoms with Gasteiger partial charge in [-0.15, -0.1) is 0 Å². The Bertz CT molecular complexity index is 738. The smallest absolute Gasteiger partial charge is 0.172 e. The van der Waals surface area contributed by atoms with E-state index in [1.54, 1.807) is 16.8 Å². The molecule has 0 saturated heterocycles. The Morgan fingerprint density at radius 3 is 2.83 bits per heavy atom. The molecule has 0 bridgehead atoms. The van der Waals surface area contributed by atoms with E-state index in [0.29, 0.717) is 16.5 Å². The summed E-state index contributed by atoms with van der Waals surface area (Å²) in [6.45, 7) is 0. The number of aromatic nitrogens is 3. The molecule has 6 heteroatoms. The minimum absolute atomic E-state index is 0.514. The van der Waals surface area contributed by atoms with Crippen molar-refractivity contribution in [2.24, 2.45) is 0 Å². The van der Waals surface area contributed by atoms with Crippen molar-refractivity contribution < 1.29 is 0 Å². The normalized spacial score (nSPS) is 11.0. The topological polar surface area (TPSA) is 56.2 Å². The van der Waals surface area contributed by atoms with Gasteiger partial charge < -0.3 is 5.73 Å². The van der Waals surface area contributed by atoms with Crippen LogP contribution in [0.4, 0.5) is 5.82 Å². The van der Waals surface area contributed by atoms with Gasteiger partial charge in [-0.3, -0.25) is 0 Å². The molecule has 0 aliphatic carbocycles. The maximum atomic E-state index is 6.16. The Hall–Kier alpha value is -1.59. The van der Waals surface area contributed by atoms with Crippen LogP contribution in [0.15, 0.2) is 41.0 Å². The van der Waals surface area contributed by atoms with Crippen LogP contribution in [0.3, 0.4) is 0 Å². The van der Waals surface area contributed by atoms with Crippen LogP contribution in [0.25, 0.3) is 16.9 Å². The van der Waals surface area contributed by atoms with Gasteiger partial charge in [0.15, 0.2) is 5.65 Å². The van der Waals surface area contributed by atoms with Crippen LogP contribution in [0.5, 0.6) is 0 Å². The van der Waals surface area contributed by atoms with Crippen LogP contribution in [-0.4, -0.2) is 14.6 Å². The van der Waals surface area contributed by atoms with Crippen molar-refractivity contribution in [1.82, 2.24) is 14.6 Å². The third kappa shape index (κ3) is 1.76. The minimum atomic E-state index is 0.514. The summed E-state index contributed by atoms with van der Waals surface area (Å²) in [5, 5.41) is 4.77. The first-order chi connectivity index (χ1) is 8.66. The largest absolute Gasteiger partial charge is 0.384 e. The van der Waals surface area contributed by atoms with E-state index >= 15 is 0 Å². The predicted molar refractivity (Wildman–Crippen MR) is 75.5 cm³/mol. The quantitative estimate of drug-likeness (QED) is 0.747. The molecule has 0 saturated carbocycles. The lowest BCUT2D eigenvalue weighted by Gasteiger charge is -2.06. The SMILES string of the molecule is Nc1cc(-c2ccccc2Cl)nc2c(Br)cnn12. The van der Waals surface area contributed by atoms with Gasteiger partial charge in [0.2, 0.25) is 0 Å². The number of fused-ring (bicyclic) bond motifs is 1. The number of nitrogen functional groups attached to an aromatic ring is 1. The van der Waals surface area contributed by atoms with Crippen molar-refractivity contribution in [3.63, 3.8) is 0 Å². The third-order valence-corrected chi connectivity index (χ3v) is 3.50. The fourth-order valence-corrected chi connectivity index (χ4v) is 2.35. The maximum absolute atomic E-state index is 6.16. The van der Waals surface area contributed by atoms with Crippen LogP contribution in [0.1, 0.15) is 0 Å². The molecule has 2 N–H and O–H groups in total. The zero-order valence-electron chi connectivity index (χ0n) is 9.14. The molecule has 2 heterocycles. The molecule has 1 aromatic carbocycles. The van der Waals surface area contributed by atoms with Gasteiger partial charge in [0.05, 0.1) is 16.4 Å². The summed E-state index contributed by atoms with van der Waals surface area (Å²) >= 11 is 9.55. The average molecular weight is 324 g/mol. The number of hydrogen-bond acceptors (Lipinski definition) is 3. The van der Waals surface area contributed by atoms with E-state index in [1.165, 1.54) is 0 Å². The van der Waals surface area contributed by atoms with Crippen LogP contribution >= 0.6 is 27.5 Å². The number of rotatable bonds is 1. The Labute approximate surface area is 117 Å². The lowest BCUT2D eigenvalue weighted by atomic mass is 10.1. The van der Waals surface area contributed by atoms with Gasteiger partial charge in [0, 0.05) is 16.7 Å². The maximum Gasteiger partial charge on any atom is 0.172 e. The van der Waals surface area contributed by atoms with E-state index < -0.39 is 0 Å². The van der Waals surface area contributed by atoms with Gasteiger partial charge in [-0.05, 0) is 22.0 Å². The molecule has 0 aliphatic rings. The molecule has 18 heavy (non-hydrogen) atoms. The second kappa shape index (κ2) is 4.26. The van der Waals surface area contributed by atoms with Crippen LogP contribution in [-0.2, 0) is 0 Å². The molecule has 0 amide bonds. The van der Waals surface area contributed by atoms with Gasteiger partial charge in [-0.25, -0.2) is 4.98 Å². The average Bonchev–Trinajstić information content (AvgIpc) is 2.72. The number of halogens is 2. The summed E-state index contributed by atoms with van der Waals surface area (Å²) in [4.78, 5) is 4.52. The summed E-state index contributed by atoms with van der Waals surface area (Å²) in [5.41, 5.74) is 8.20. The van der Waals surface area contributed by atoms with E-state index in [2.05, 4.69) is 26.0 Å². The van der Waals surface area contributed by atoms with Gasteiger partial charge in [0.1, 0.15) is 5.82 Å². The molecule has 4 nitrogen and oxygen atoms in total. The molecule has 0 unspecified atom stereocenters. The molecule has 0 spiro atoms. The Kier molecular flexibility index (Phi) is 2.72. The van der Waals surface area contributed by atoms with Crippen LogP contribution in [0.2, 0.25) is 5.02 Å². The molecular formula is C12H8BrClN4. The summed E-state index contributed by atoms with van der Waals surface area (Å²) in [5.74, 6) is 0.514. The van der Waals surface area contributed by atoms with Crippen molar-refractivity contribution in [3.8, 4) is 11.3 Å². The van der Waals surface area contributed by atoms with Crippen LogP contribution < -0.4 is 5.73 Å². The number of nitrogens with two attached hydrogens (primary N) is 1.